The van der Waals surface area contributed by atoms with Crippen LogP contribution < -0.4 is 4.57 Å². The number of pyridine rings is 1. The maximum atomic E-state index is 9.08. The third kappa shape index (κ3) is 11.3. The molecule has 0 aliphatic carbocycles. The Bertz CT molecular complexity index is 390. The minimum atomic E-state index is -3.92. The maximum absolute atomic E-state index is 9.08. The maximum Gasteiger partial charge on any atom is 0.169 e. The fourth-order valence-corrected chi connectivity index (χ4v) is 1.21. The first kappa shape index (κ1) is 16.1. The molecule has 0 bridgehead atoms. The van der Waals surface area contributed by atoms with Gasteiger partial charge in [0.2, 0.25) is 0 Å². The molecule has 0 saturated heterocycles. The molecule has 5 heteroatoms. The number of nitrogens with zero attached hydrogens (tertiary/aromatic N) is 1. The van der Waals surface area contributed by atoms with E-state index in [0.717, 1.165) is 13.0 Å². The van der Waals surface area contributed by atoms with Crippen molar-refractivity contribution in [2.24, 2.45) is 0 Å². The lowest BCUT2D eigenvalue weighted by Gasteiger charge is -1.96. The van der Waals surface area contributed by atoms with Crippen LogP contribution in [0.5, 0.6) is 0 Å². The summed E-state index contributed by atoms with van der Waals surface area (Å²) in [6, 6.07) is 4.41. The second-order valence-electron chi connectivity index (χ2n) is 3.86. The molecule has 0 spiro atoms. The SMILES string of the molecule is CCCC[n+]1ccc(CC)cc1.CS(=O)(=O)[O-]. The van der Waals surface area contributed by atoms with E-state index in [1.165, 1.54) is 18.4 Å². The topological polar surface area (TPSA) is 61.1 Å². The number of aromatic nitrogens is 1. The van der Waals surface area contributed by atoms with E-state index in [4.69, 9.17) is 13.0 Å². The summed E-state index contributed by atoms with van der Waals surface area (Å²) >= 11 is 0. The van der Waals surface area contributed by atoms with Crippen LogP contribution in [-0.4, -0.2) is 19.2 Å². The van der Waals surface area contributed by atoms with Crippen molar-refractivity contribution in [2.75, 3.05) is 6.26 Å². The first-order chi connectivity index (χ1) is 7.86. The molecule has 0 fully saturated rings. The molecule has 1 heterocycles. The Hall–Kier alpha value is -0.940. The minimum absolute atomic E-state index is 0.604. The third-order valence-corrected chi connectivity index (χ3v) is 2.14. The summed E-state index contributed by atoms with van der Waals surface area (Å²) in [6.07, 6.45) is 8.63. The number of hydrogen-bond acceptors (Lipinski definition) is 3. The zero-order valence-corrected chi connectivity index (χ0v) is 11.5. The quantitative estimate of drug-likeness (QED) is 0.608. The van der Waals surface area contributed by atoms with Gasteiger partial charge in [0.1, 0.15) is 6.54 Å². The summed E-state index contributed by atoms with van der Waals surface area (Å²) in [5.41, 5.74) is 1.42. The molecule has 1 aromatic rings. The van der Waals surface area contributed by atoms with Crippen LogP contribution in [0.15, 0.2) is 24.5 Å². The minimum Gasteiger partial charge on any atom is -0.748 e. The van der Waals surface area contributed by atoms with E-state index in [9.17, 15) is 0 Å². The Morgan fingerprint density at radius 2 is 1.71 bits per heavy atom. The largest absolute Gasteiger partial charge is 0.748 e. The van der Waals surface area contributed by atoms with Crippen molar-refractivity contribution in [3.05, 3.63) is 30.1 Å². The van der Waals surface area contributed by atoms with Gasteiger partial charge in [-0.3, -0.25) is 0 Å². The predicted molar refractivity (Wildman–Crippen MR) is 66.5 cm³/mol. The first-order valence-electron chi connectivity index (χ1n) is 5.75. The molecule has 1 rings (SSSR count). The van der Waals surface area contributed by atoms with Crippen LogP contribution in [0.25, 0.3) is 0 Å². The van der Waals surface area contributed by atoms with Crippen molar-refractivity contribution in [3.63, 3.8) is 0 Å². The van der Waals surface area contributed by atoms with Gasteiger partial charge in [-0.05, 0) is 12.0 Å². The van der Waals surface area contributed by atoms with Crippen LogP contribution in [0.2, 0.25) is 0 Å². The van der Waals surface area contributed by atoms with Gasteiger partial charge in [0, 0.05) is 24.8 Å². The zero-order valence-electron chi connectivity index (χ0n) is 10.7. The van der Waals surface area contributed by atoms with Crippen molar-refractivity contribution in [2.45, 2.75) is 39.7 Å². The van der Waals surface area contributed by atoms with E-state index in [1.807, 2.05) is 0 Å². The second-order valence-corrected chi connectivity index (χ2v) is 5.26. The van der Waals surface area contributed by atoms with Gasteiger partial charge in [0.15, 0.2) is 12.4 Å². The molecule has 0 aliphatic rings. The van der Waals surface area contributed by atoms with E-state index >= 15 is 0 Å². The Labute approximate surface area is 104 Å². The van der Waals surface area contributed by atoms with Crippen LogP contribution in [0, 0.1) is 0 Å². The second kappa shape index (κ2) is 8.20. The first-order valence-corrected chi connectivity index (χ1v) is 7.57. The average Bonchev–Trinajstić information content (AvgIpc) is 2.25. The highest BCUT2D eigenvalue weighted by Crippen LogP contribution is 1.95. The molecule has 0 atom stereocenters. The normalized spacial score (nSPS) is 10.6. The molecule has 0 radical (unpaired) electrons. The molecule has 98 valence electrons. The monoisotopic (exact) mass is 259 g/mol. The highest BCUT2D eigenvalue weighted by Gasteiger charge is 1.97. The molecule has 0 aliphatic heterocycles. The Morgan fingerprint density at radius 1 is 1.24 bits per heavy atom. The van der Waals surface area contributed by atoms with Crippen LogP contribution >= 0.6 is 0 Å². The molecule has 17 heavy (non-hydrogen) atoms. The van der Waals surface area contributed by atoms with Gasteiger partial charge >= 0.3 is 0 Å². The zero-order chi connectivity index (χ0) is 13.3. The standard InChI is InChI=1S/C11H18N.CH4O3S/c1-3-5-8-12-9-6-11(4-2)7-10-12;1-5(2,3)4/h6-7,9-10H,3-5,8H2,1-2H3;1H3,(H,2,3,4)/q+1;/p-1. The molecular formula is C12H21NO3S. The van der Waals surface area contributed by atoms with Crippen molar-refractivity contribution < 1.29 is 17.5 Å². The number of unbranched alkanes of at least 4 members (excludes halogenated alkanes) is 1. The van der Waals surface area contributed by atoms with E-state index in [-0.39, 0.29) is 0 Å². The molecule has 0 aromatic carbocycles. The Kier molecular flexibility index (Phi) is 7.74. The lowest BCUT2D eigenvalue weighted by molar-refractivity contribution is -0.697. The number of rotatable bonds is 4. The van der Waals surface area contributed by atoms with Crippen LogP contribution in [0.4, 0.5) is 0 Å². The molecule has 0 amide bonds. The van der Waals surface area contributed by atoms with Crippen molar-refractivity contribution >= 4 is 10.1 Å². The van der Waals surface area contributed by atoms with Crippen LogP contribution in [0.1, 0.15) is 32.3 Å². The number of hydrogen-bond donors (Lipinski definition) is 0. The summed E-state index contributed by atoms with van der Waals surface area (Å²) in [4.78, 5) is 0. The Morgan fingerprint density at radius 3 is 2.06 bits per heavy atom. The number of aryl methyl sites for hydroxylation is 2. The van der Waals surface area contributed by atoms with E-state index in [2.05, 4.69) is 42.9 Å². The average molecular weight is 259 g/mol. The van der Waals surface area contributed by atoms with Gasteiger partial charge in [-0.25, -0.2) is 13.0 Å². The smallest absolute Gasteiger partial charge is 0.169 e. The molecular weight excluding hydrogens is 238 g/mol. The van der Waals surface area contributed by atoms with Crippen molar-refractivity contribution in [3.8, 4) is 0 Å². The highest BCUT2D eigenvalue weighted by molar-refractivity contribution is 7.84. The van der Waals surface area contributed by atoms with E-state index < -0.39 is 10.1 Å². The molecule has 4 nitrogen and oxygen atoms in total. The summed E-state index contributed by atoms with van der Waals surface area (Å²) in [5.74, 6) is 0. The lowest BCUT2D eigenvalue weighted by Crippen LogP contribution is -2.32. The van der Waals surface area contributed by atoms with Gasteiger partial charge in [0.05, 0.1) is 10.1 Å². The van der Waals surface area contributed by atoms with Crippen molar-refractivity contribution in [1.29, 1.82) is 0 Å². The molecule has 0 N–H and O–H groups in total. The van der Waals surface area contributed by atoms with E-state index in [1.54, 1.807) is 0 Å². The fraction of sp³-hybridized carbons (Fsp3) is 0.583. The summed E-state index contributed by atoms with van der Waals surface area (Å²) in [7, 11) is -3.92. The van der Waals surface area contributed by atoms with Crippen LogP contribution in [0.3, 0.4) is 0 Å². The van der Waals surface area contributed by atoms with Gasteiger partial charge in [0.25, 0.3) is 0 Å². The van der Waals surface area contributed by atoms with Gasteiger partial charge in [-0.15, -0.1) is 0 Å². The fourth-order valence-electron chi connectivity index (χ4n) is 1.21. The summed E-state index contributed by atoms with van der Waals surface area (Å²) < 4.78 is 29.5. The van der Waals surface area contributed by atoms with E-state index in [0.29, 0.717) is 6.26 Å². The van der Waals surface area contributed by atoms with Crippen LogP contribution in [-0.2, 0) is 23.1 Å². The summed E-state index contributed by atoms with van der Waals surface area (Å²) in [5, 5.41) is 0. The molecule has 1 aromatic heterocycles. The third-order valence-electron chi connectivity index (χ3n) is 2.14. The predicted octanol–water partition coefficient (Wildman–Crippen LogP) is 1.50. The van der Waals surface area contributed by atoms with Gasteiger partial charge < -0.3 is 4.55 Å². The van der Waals surface area contributed by atoms with Gasteiger partial charge in [-0.2, -0.15) is 0 Å². The molecule has 0 saturated carbocycles. The molecule has 0 unspecified atom stereocenters. The highest BCUT2D eigenvalue weighted by atomic mass is 32.2. The van der Waals surface area contributed by atoms with Crippen molar-refractivity contribution in [1.82, 2.24) is 0 Å². The summed E-state index contributed by atoms with van der Waals surface area (Å²) in [6.45, 7) is 5.56. The Balaban J connectivity index is 0.000000437. The lowest BCUT2D eigenvalue weighted by atomic mass is 10.2. The van der Waals surface area contributed by atoms with Gasteiger partial charge in [-0.1, -0.05) is 20.3 Å².